The first kappa shape index (κ1) is 39.2. The van der Waals surface area contributed by atoms with Gasteiger partial charge in [-0.15, -0.1) is 0 Å². The third-order valence-electron chi connectivity index (χ3n) is 13.4. The Kier molecular flexibility index (Phi) is 10.6. The molecule has 306 valence electrons. The van der Waals surface area contributed by atoms with E-state index in [2.05, 4.69) is 22.9 Å². The van der Waals surface area contributed by atoms with E-state index < -0.39 is 17.8 Å². The monoisotopic (exact) mass is 819 g/mol. The summed E-state index contributed by atoms with van der Waals surface area (Å²) in [6.45, 7) is 8.99. The van der Waals surface area contributed by atoms with Crippen LogP contribution in [0.5, 0.6) is 5.75 Å². The predicted molar refractivity (Wildman–Crippen MR) is 217 cm³/mol. The van der Waals surface area contributed by atoms with Crippen LogP contribution in [0, 0.1) is 23.1 Å². The SMILES string of the molecule is C=C1CC[C@@H](CN2CCN(c3cc4c(cc3F)C(=O)N(C3CCC(=O)NC3=O)C4)CC2)CC1c1ccc2c(n1)CN([C@H]1CC[C@H](Oc3ccc(C#N)c(Cl)c3)CC1)C2=O. The largest absolute Gasteiger partial charge is 0.490 e. The molecule has 0 radical (unpaired) electrons. The van der Waals surface area contributed by atoms with Gasteiger partial charge in [0.2, 0.25) is 11.8 Å². The Balaban J connectivity index is 0.775. The number of allylic oxidation sites excluding steroid dienone is 1. The Labute approximate surface area is 347 Å². The quantitative estimate of drug-likeness (QED) is 0.211. The Morgan fingerprint density at radius 3 is 2.42 bits per heavy atom. The molecule has 2 saturated carbocycles. The standard InChI is InChI=1S/C45H47ClFN7O5/c1-26-2-3-27(23-51-14-16-52(17-15-51)41-19-29-24-54(45(58)35(29)21-37(41)47)40-12-13-42(55)50-43(40)56)18-34(26)38-11-10-33-39(49-38)25-53(44(33)57)30-5-8-31(9-6-30)59-32-7-4-28(22-48)36(46)20-32/h4,7,10-11,19-21,27,30-31,34,40H,1-3,5-6,8-9,12-18,23-25H2,(H,50,55,56)/t27-,30-,31-,34?,40?/m1/s1. The number of benzene rings is 2. The topological polar surface area (TPSA) is 139 Å². The van der Waals surface area contributed by atoms with Crippen molar-refractivity contribution in [3.8, 4) is 11.8 Å². The van der Waals surface area contributed by atoms with Crippen LogP contribution in [0.4, 0.5) is 10.1 Å². The summed E-state index contributed by atoms with van der Waals surface area (Å²) in [5.41, 5.74) is 5.57. The number of imide groups is 1. The molecule has 4 amide bonds. The molecule has 2 aromatic carbocycles. The number of aromatic nitrogens is 1. The van der Waals surface area contributed by atoms with Crippen LogP contribution in [0.3, 0.4) is 0 Å². The zero-order chi connectivity index (χ0) is 40.9. The minimum absolute atomic E-state index is 0.0246. The number of amides is 4. The highest BCUT2D eigenvalue weighted by Gasteiger charge is 2.41. The van der Waals surface area contributed by atoms with Crippen molar-refractivity contribution < 1.29 is 28.3 Å². The number of hydrogen-bond donors (Lipinski definition) is 1. The molecule has 5 heterocycles. The molecule has 0 spiro atoms. The van der Waals surface area contributed by atoms with E-state index in [0.717, 1.165) is 76.0 Å². The number of halogens is 2. The van der Waals surface area contributed by atoms with Crippen molar-refractivity contribution in [2.45, 2.75) is 95.0 Å². The molecule has 0 bridgehead atoms. The van der Waals surface area contributed by atoms with Gasteiger partial charge in [-0.05, 0) is 99.2 Å². The summed E-state index contributed by atoms with van der Waals surface area (Å²) in [5.74, 6) is -0.377. The molecule has 6 aliphatic rings. The maximum atomic E-state index is 15.5. The average molecular weight is 820 g/mol. The molecule has 4 aliphatic heterocycles. The summed E-state index contributed by atoms with van der Waals surface area (Å²) in [4.78, 5) is 64.0. The Hall–Kier alpha value is -5.32. The van der Waals surface area contributed by atoms with Gasteiger partial charge in [0.05, 0.1) is 40.2 Å². The van der Waals surface area contributed by atoms with Crippen molar-refractivity contribution in [2.24, 2.45) is 5.92 Å². The second-order valence-electron chi connectivity index (χ2n) is 17.0. The minimum Gasteiger partial charge on any atom is -0.490 e. The first-order valence-corrected chi connectivity index (χ1v) is 21.2. The molecule has 12 nitrogen and oxygen atoms in total. The normalized spacial score (nSPS) is 26.2. The molecule has 2 unspecified atom stereocenters. The van der Waals surface area contributed by atoms with Crippen molar-refractivity contribution in [1.82, 2.24) is 25.0 Å². The number of ether oxygens (including phenoxy) is 1. The molecule has 14 heteroatoms. The number of piperazine rings is 1. The zero-order valence-electron chi connectivity index (χ0n) is 32.9. The summed E-state index contributed by atoms with van der Waals surface area (Å²) in [7, 11) is 0. The van der Waals surface area contributed by atoms with Crippen molar-refractivity contribution in [3.63, 3.8) is 0 Å². The molecule has 4 fully saturated rings. The van der Waals surface area contributed by atoms with Crippen LogP contribution in [0.1, 0.15) is 107 Å². The molecule has 3 atom stereocenters. The molecule has 1 aromatic heterocycles. The zero-order valence-corrected chi connectivity index (χ0v) is 33.7. The fourth-order valence-corrected chi connectivity index (χ4v) is 10.3. The molecule has 1 N–H and O–H groups in total. The molecule has 59 heavy (non-hydrogen) atoms. The van der Waals surface area contributed by atoms with Gasteiger partial charge in [-0.3, -0.25) is 34.4 Å². The lowest BCUT2D eigenvalue weighted by molar-refractivity contribution is -0.136. The van der Waals surface area contributed by atoms with Crippen LogP contribution >= 0.6 is 11.6 Å². The van der Waals surface area contributed by atoms with Gasteiger partial charge in [-0.25, -0.2) is 4.39 Å². The lowest BCUT2D eigenvalue weighted by Crippen LogP contribution is -2.52. The van der Waals surface area contributed by atoms with Gasteiger partial charge in [-0.1, -0.05) is 23.8 Å². The van der Waals surface area contributed by atoms with E-state index in [4.69, 9.17) is 26.6 Å². The maximum absolute atomic E-state index is 15.5. The maximum Gasteiger partial charge on any atom is 0.256 e. The van der Waals surface area contributed by atoms with Crippen LogP contribution in [-0.4, -0.2) is 94.2 Å². The van der Waals surface area contributed by atoms with E-state index >= 15 is 4.39 Å². The van der Waals surface area contributed by atoms with E-state index in [1.807, 2.05) is 21.9 Å². The Morgan fingerprint density at radius 1 is 0.898 bits per heavy atom. The summed E-state index contributed by atoms with van der Waals surface area (Å²) in [6.07, 6.45) is 6.69. The van der Waals surface area contributed by atoms with E-state index in [-0.39, 0.29) is 60.7 Å². The van der Waals surface area contributed by atoms with Gasteiger partial charge in [0.25, 0.3) is 11.8 Å². The van der Waals surface area contributed by atoms with Crippen molar-refractivity contribution in [3.05, 3.63) is 99.1 Å². The summed E-state index contributed by atoms with van der Waals surface area (Å²) in [6, 6.07) is 13.6. The molecule has 2 aliphatic carbocycles. The lowest BCUT2D eigenvalue weighted by atomic mass is 9.76. The van der Waals surface area contributed by atoms with E-state index in [1.165, 1.54) is 16.5 Å². The highest BCUT2D eigenvalue weighted by molar-refractivity contribution is 6.31. The second-order valence-corrected chi connectivity index (χ2v) is 17.4. The highest BCUT2D eigenvalue weighted by Crippen LogP contribution is 2.41. The van der Waals surface area contributed by atoms with E-state index in [9.17, 15) is 19.2 Å². The number of rotatable bonds is 8. The third-order valence-corrected chi connectivity index (χ3v) is 13.7. The Morgan fingerprint density at radius 2 is 1.68 bits per heavy atom. The molecular weight excluding hydrogens is 773 g/mol. The van der Waals surface area contributed by atoms with Crippen LogP contribution < -0.4 is 15.0 Å². The summed E-state index contributed by atoms with van der Waals surface area (Å²) in [5, 5.41) is 11.9. The number of fused-ring (bicyclic) bond motifs is 2. The van der Waals surface area contributed by atoms with Crippen molar-refractivity contribution >= 4 is 40.9 Å². The number of pyridine rings is 1. The fraction of sp³-hybridized carbons (Fsp3) is 0.467. The number of hydrogen-bond acceptors (Lipinski definition) is 9. The summed E-state index contributed by atoms with van der Waals surface area (Å²) >= 11 is 6.21. The molecule has 3 aromatic rings. The van der Waals surface area contributed by atoms with E-state index in [0.29, 0.717) is 58.7 Å². The van der Waals surface area contributed by atoms with Gasteiger partial charge < -0.3 is 19.4 Å². The number of piperidine rings is 1. The van der Waals surface area contributed by atoms with Crippen molar-refractivity contribution in [1.29, 1.82) is 5.26 Å². The molecule has 2 saturated heterocycles. The number of nitrogens with one attached hydrogen (secondary N) is 1. The van der Waals surface area contributed by atoms with Gasteiger partial charge >= 0.3 is 0 Å². The van der Waals surface area contributed by atoms with Crippen LogP contribution in [0.2, 0.25) is 5.02 Å². The number of nitriles is 1. The van der Waals surface area contributed by atoms with Crippen LogP contribution in [-0.2, 0) is 22.7 Å². The fourth-order valence-electron chi connectivity index (χ4n) is 10.1. The summed E-state index contributed by atoms with van der Waals surface area (Å²) < 4.78 is 21.7. The number of anilines is 1. The first-order valence-electron chi connectivity index (χ1n) is 20.8. The Bertz CT molecular complexity index is 2280. The van der Waals surface area contributed by atoms with Crippen LogP contribution in [0.25, 0.3) is 0 Å². The minimum atomic E-state index is -0.737. The number of carbonyl (C=O) groups excluding carboxylic acids is 4. The highest BCUT2D eigenvalue weighted by atomic mass is 35.5. The van der Waals surface area contributed by atoms with E-state index in [1.54, 1.807) is 24.3 Å². The van der Waals surface area contributed by atoms with Gasteiger partial charge in [0, 0.05) is 75.0 Å². The number of carbonyl (C=O) groups is 4. The second kappa shape index (κ2) is 16.0. The van der Waals surface area contributed by atoms with Crippen molar-refractivity contribution in [2.75, 3.05) is 37.6 Å². The first-order chi connectivity index (χ1) is 28.5. The van der Waals surface area contributed by atoms with Crippen LogP contribution in [0.15, 0.2) is 54.6 Å². The number of nitrogens with zero attached hydrogens (tertiary/aromatic N) is 6. The predicted octanol–water partition coefficient (Wildman–Crippen LogP) is 6.11. The van der Waals surface area contributed by atoms with Gasteiger partial charge in [-0.2, -0.15) is 5.26 Å². The molecular formula is C45H47ClFN7O5. The van der Waals surface area contributed by atoms with Gasteiger partial charge in [0.15, 0.2) is 0 Å². The average Bonchev–Trinajstić information content (AvgIpc) is 3.73. The molecule has 9 rings (SSSR count). The smallest absolute Gasteiger partial charge is 0.256 e. The third kappa shape index (κ3) is 7.69. The van der Waals surface area contributed by atoms with Gasteiger partial charge in [0.1, 0.15) is 23.7 Å². The lowest BCUT2D eigenvalue weighted by Gasteiger charge is -2.39.